The number of hydrogen-bond donors (Lipinski definition) is 2. The zero-order valence-corrected chi connectivity index (χ0v) is 15.2. The Morgan fingerprint density at radius 1 is 0.963 bits per heavy atom. The predicted molar refractivity (Wildman–Crippen MR) is 105 cm³/mol. The van der Waals surface area contributed by atoms with Gasteiger partial charge in [-0.3, -0.25) is 9.69 Å². The summed E-state index contributed by atoms with van der Waals surface area (Å²) in [7, 11) is 0. The van der Waals surface area contributed by atoms with E-state index in [2.05, 4.69) is 23.5 Å². The van der Waals surface area contributed by atoms with Crippen LogP contribution in [0.4, 0.5) is 10.5 Å². The maximum Gasteiger partial charge on any atom is 0.322 e. The maximum atomic E-state index is 12.8. The van der Waals surface area contributed by atoms with E-state index in [1.165, 1.54) is 16.7 Å². The normalized spacial score (nSPS) is 21.6. The second-order valence-electron chi connectivity index (χ2n) is 7.41. The summed E-state index contributed by atoms with van der Waals surface area (Å²) < 4.78 is 0. The van der Waals surface area contributed by atoms with Crippen molar-refractivity contribution in [3.8, 4) is 11.1 Å². The van der Waals surface area contributed by atoms with Crippen LogP contribution in [0.25, 0.3) is 11.1 Å². The average Bonchev–Trinajstić information content (AvgIpc) is 3.13. The van der Waals surface area contributed by atoms with Gasteiger partial charge in [0.2, 0.25) is 0 Å². The summed E-state index contributed by atoms with van der Waals surface area (Å²) in [5, 5.41) is 12.2. The van der Waals surface area contributed by atoms with Crippen LogP contribution < -0.4 is 10.2 Å². The molecule has 0 radical (unpaired) electrons. The second kappa shape index (κ2) is 7.43. The minimum Gasteiger partial charge on any atom is -0.481 e. The van der Waals surface area contributed by atoms with E-state index in [0.29, 0.717) is 19.4 Å². The van der Waals surface area contributed by atoms with Crippen molar-refractivity contribution in [3.05, 3.63) is 54.1 Å². The Morgan fingerprint density at radius 2 is 1.70 bits per heavy atom. The molecule has 5 heteroatoms. The van der Waals surface area contributed by atoms with Gasteiger partial charge in [0.15, 0.2) is 0 Å². The molecule has 0 saturated heterocycles. The van der Waals surface area contributed by atoms with Crippen molar-refractivity contribution in [2.75, 3.05) is 11.4 Å². The van der Waals surface area contributed by atoms with Crippen LogP contribution in [0.5, 0.6) is 0 Å². The number of hydrogen-bond acceptors (Lipinski definition) is 2. The third-order valence-electron chi connectivity index (χ3n) is 5.76. The van der Waals surface area contributed by atoms with Gasteiger partial charge in [-0.25, -0.2) is 4.79 Å². The minimum absolute atomic E-state index is 0.0643. The highest BCUT2D eigenvalue weighted by Crippen LogP contribution is 2.36. The van der Waals surface area contributed by atoms with Crippen molar-refractivity contribution in [3.63, 3.8) is 0 Å². The quantitative estimate of drug-likeness (QED) is 0.862. The molecule has 2 amide bonds. The molecule has 1 aliphatic heterocycles. The van der Waals surface area contributed by atoms with Crippen LogP contribution in [0.3, 0.4) is 0 Å². The van der Waals surface area contributed by atoms with Crippen molar-refractivity contribution in [2.45, 2.75) is 38.1 Å². The van der Waals surface area contributed by atoms with Gasteiger partial charge in [0.25, 0.3) is 0 Å². The van der Waals surface area contributed by atoms with Crippen molar-refractivity contribution in [1.82, 2.24) is 5.32 Å². The zero-order chi connectivity index (χ0) is 18.8. The third kappa shape index (κ3) is 3.54. The number of carbonyl (C=O) groups is 2. The SMILES string of the molecule is O=C(O)C1CCC(NC(=O)N2CCc3c(-c4ccccc4)cccc32)CC1. The molecule has 1 aliphatic carbocycles. The molecule has 0 bridgehead atoms. The topological polar surface area (TPSA) is 69.6 Å². The first-order chi connectivity index (χ1) is 13.1. The van der Waals surface area contributed by atoms with Crippen LogP contribution in [-0.2, 0) is 11.2 Å². The number of carboxylic acids is 1. The molecule has 2 N–H and O–H groups in total. The maximum absolute atomic E-state index is 12.8. The molecule has 140 valence electrons. The molecule has 0 atom stereocenters. The van der Waals surface area contributed by atoms with E-state index in [1.807, 2.05) is 35.2 Å². The Hall–Kier alpha value is -2.82. The Kier molecular flexibility index (Phi) is 4.84. The van der Waals surface area contributed by atoms with E-state index in [-0.39, 0.29) is 18.0 Å². The molecule has 0 unspecified atom stereocenters. The number of anilines is 1. The van der Waals surface area contributed by atoms with Crippen LogP contribution in [0, 0.1) is 5.92 Å². The summed E-state index contributed by atoms with van der Waals surface area (Å²) in [6.45, 7) is 0.676. The number of carboxylic acid groups (broad SMARTS) is 1. The lowest BCUT2D eigenvalue weighted by Crippen LogP contribution is -2.46. The van der Waals surface area contributed by atoms with Gasteiger partial charge in [-0.05, 0) is 54.9 Å². The highest BCUT2D eigenvalue weighted by Gasteiger charge is 2.30. The lowest BCUT2D eigenvalue weighted by atomic mass is 9.86. The number of fused-ring (bicyclic) bond motifs is 1. The number of urea groups is 1. The van der Waals surface area contributed by atoms with Crippen LogP contribution in [0.2, 0.25) is 0 Å². The first-order valence-corrected chi connectivity index (χ1v) is 9.61. The molecule has 2 aliphatic rings. The van der Waals surface area contributed by atoms with E-state index in [1.54, 1.807) is 0 Å². The van der Waals surface area contributed by atoms with Gasteiger partial charge in [0, 0.05) is 18.3 Å². The molecule has 0 aromatic heterocycles. The highest BCUT2D eigenvalue weighted by atomic mass is 16.4. The van der Waals surface area contributed by atoms with Crippen molar-refractivity contribution < 1.29 is 14.7 Å². The number of benzene rings is 2. The highest BCUT2D eigenvalue weighted by molar-refractivity contribution is 5.96. The van der Waals surface area contributed by atoms with Gasteiger partial charge >= 0.3 is 12.0 Å². The van der Waals surface area contributed by atoms with Crippen molar-refractivity contribution in [1.29, 1.82) is 0 Å². The summed E-state index contributed by atoms with van der Waals surface area (Å²) in [5.74, 6) is -0.985. The first-order valence-electron chi connectivity index (χ1n) is 9.61. The molecule has 1 heterocycles. The first kappa shape index (κ1) is 17.6. The molecular formula is C22H24N2O3. The van der Waals surface area contributed by atoms with Gasteiger partial charge in [0.05, 0.1) is 5.92 Å². The second-order valence-corrected chi connectivity index (χ2v) is 7.41. The van der Waals surface area contributed by atoms with Crippen LogP contribution in [0.15, 0.2) is 48.5 Å². The van der Waals surface area contributed by atoms with E-state index in [9.17, 15) is 9.59 Å². The fraction of sp³-hybridized carbons (Fsp3) is 0.364. The number of nitrogens with zero attached hydrogens (tertiary/aromatic N) is 1. The number of amides is 2. The minimum atomic E-state index is -0.721. The summed E-state index contributed by atoms with van der Waals surface area (Å²) in [6.07, 6.45) is 3.57. The van der Waals surface area contributed by atoms with E-state index in [4.69, 9.17) is 5.11 Å². The lowest BCUT2D eigenvalue weighted by molar-refractivity contribution is -0.142. The number of rotatable bonds is 3. The monoisotopic (exact) mass is 364 g/mol. The van der Waals surface area contributed by atoms with Gasteiger partial charge in [-0.1, -0.05) is 42.5 Å². The Bertz CT molecular complexity index is 842. The average molecular weight is 364 g/mol. The Morgan fingerprint density at radius 3 is 2.41 bits per heavy atom. The predicted octanol–water partition coefficient (Wildman–Crippen LogP) is 4.07. The molecule has 1 fully saturated rings. The zero-order valence-electron chi connectivity index (χ0n) is 15.2. The Balaban J connectivity index is 1.47. The van der Waals surface area contributed by atoms with Crippen LogP contribution in [0.1, 0.15) is 31.2 Å². The summed E-state index contributed by atoms with van der Waals surface area (Å²) in [5.41, 5.74) is 4.55. The van der Waals surface area contributed by atoms with Gasteiger partial charge < -0.3 is 10.4 Å². The number of aliphatic carboxylic acids is 1. The molecule has 2 aromatic carbocycles. The van der Waals surface area contributed by atoms with E-state index < -0.39 is 5.97 Å². The summed E-state index contributed by atoms with van der Waals surface area (Å²) >= 11 is 0. The van der Waals surface area contributed by atoms with Crippen LogP contribution >= 0.6 is 0 Å². The van der Waals surface area contributed by atoms with Gasteiger partial charge in [0.1, 0.15) is 0 Å². The molecule has 5 nitrogen and oxygen atoms in total. The lowest BCUT2D eigenvalue weighted by Gasteiger charge is -2.29. The van der Waals surface area contributed by atoms with Crippen LogP contribution in [-0.4, -0.2) is 29.7 Å². The van der Waals surface area contributed by atoms with Gasteiger partial charge in [-0.15, -0.1) is 0 Å². The van der Waals surface area contributed by atoms with E-state index in [0.717, 1.165) is 24.9 Å². The molecule has 0 spiro atoms. The molecular weight excluding hydrogens is 340 g/mol. The van der Waals surface area contributed by atoms with Crippen molar-refractivity contribution in [2.24, 2.45) is 5.92 Å². The number of carbonyl (C=O) groups excluding carboxylic acids is 1. The fourth-order valence-corrected chi connectivity index (χ4v) is 4.27. The molecule has 1 saturated carbocycles. The molecule has 27 heavy (non-hydrogen) atoms. The third-order valence-corrected chi connectivity index (χ3v) is 5.76. The fourth-order valence-electron chi connectivity index (χ4n) is 4.27. The standard InChI is InChI=1S/C22H24N2O3/c25-21(26)16-9-11-17(12-10-16)23-22(27)24-14-13-19-18(7-4-8-20(19)24)15-5-2-1-3-6-15/h1-8,16-17H,9-14H2,(H,23,27)(H,25,26). The molecule has 2 aromatic rings. The summed E-state index contributed by atoms with van der Waals surface area (Å²) in [6, 6.07) is 16.4. The largest absolute Gasteiger partial charge is 0.481 e. The molecule has 4 rings (SSSR count). The van der Waals surface area contributed by atoms with E-state index >= 15 is 0 Å². The Labute approximate surface area is 159 Å². The number of nitrogens with one attached hydrogen (secondary N) is 1. The van der Waals surface area contributed by atoms with Gasteiger partial charge in [-0.2, -0.15) is 0 Å². The smallest absolute Gasteiger partial charge is 0.322 e. The summed E-state index contributed by atoms with van der Waals surface area (Å²) in [4.78, 5) is 25.7. The van der Waals surface area contributed by atoms with Crippen molar-refractivity contribution >= 4 is 17.7 Å².